The molecule has 1 aliphatic carbocycles. The predicted octanol–water partition coefficient (Wildman–Crippen LogP) is 1.24. The molecule has 0 aromatic carbocycles. The molecule has 0 aromatic heterocycles. The number of hydrogen-bond acceptors (Lipinski definition) is 3. The van der Waals surface area contributed by atoms with Crippen LogP contribution in [0.1, 0.15) is 40.0 Å². The molecule has 0 heterocycles. The van der Waals surface area contributed by atoms with Gasteiger partial charge in [-0.3, -0.25) is 4.79 Å². The van der Waals surface area contributed by atoms with Crippen LogP contribution in [-0.2, 0) is 14.3 Å². The van der Waals surface area contributed by atoms with Crippen molar-refractivity contribution in [1.29, 1.82) is 0 Å². The number of amides is 1. The zero-order valence-corrected chi connectivity index (χ0v) is 9.85. The Morgan fingerprint density at radius 1 is 1.27 bits per heavy atom. The summed E-state index contributed by atoms with van der Waals surface area (Å²) in [5, 5.41) is 2.81. The van der Waals surface area contributed by atoms with Gasteiger partial charge < -0.3 is 10.1 Å². The molecule has 15 heavy (non-hydrogen) atoms. The van der Waals surface area contributed by atoms with Crippen molar-refractivity contribution in [3.63, 3.8) is 0 Å². The minimum absolute atomic E-state index is 0.104. The Balaban J connectivity index is 2.70. The highest BCUT2D eigenvalue weighted by Crippen LogP contribution is 2.34. The summed E-state index contributed by atoms with van der Waals surface area (Å²) in [7, 11) is 1.35. The van der Waals surface area contributed by atoms with Crippen LogP contribution in [0.2, 0.25) is 0 Å². The smallest absolute Gasteiger partial charge is 0.331 e. The van der Waals surface area contributed by atoms with E-state index in [1.54, 1.807) is 0 Å². The molecule has 1 amide bonds. The number of hydrogen-bond donors (Lipinski definition) is 1. The van der Waals surface area contributed by atoms with Crippen molar-refractivity contribution in [2.75, 3.05) is 7.11 Å². The molecule has 1 saturated carbocycles. The molecule has 1 aliphatic rings. The van der Waals surface area contributed by atoms with Gasteiger partial charge in [0.15, 0.2) is 0 Å². The van der Waals surface area contributed by atoms with Gasteiger partial charge in [-0.2, -0.15) is 0 Å². The molecule has 0 radical (unpaired) electrons. The number of carbonyl (C=O) groups excluding carboxylic acids is 2. The fourth-order valence-electron chi connectivity index (χ4n) is 1.51. The molecule has 0 atom stereocenters. The zero-order chi connectivity index (χ0) is 11.7. The number of methoxy groups -OCH3 is 1. The predicted molar refractivity (Wildman–Crippen MR) is 56.2 cm³/mol. The maximum absolute atomic E-state index is 11.8. The van der Waals surface area contributed by atoms with Gasteiger partial charge in [-0.05, 0) is 19.3 Å². The van der Waals surface area contributed by atoms with Gasteiger partial charge in [-0.1, -0.05) is 20.8 Å². The number of rotatable bonds is 2. The van der Waals surface area contributed by atoms with Crippen LogP contribution in [0, 0.1) is 5.41 Å². The summed E-state index contributed by atoms with van der Waals surface area (Å²) in [5.74, 6) is -0.432. The second-order valence-electron chi connectivity index (χ2n) is 5.13. The summed E-state index contributed by atoms with van der Waals surface area (Å²) in [6, 6.07) is 0. The zero-order valence-electron chi connectivity index (χ0n) is 9.85. The lowest BCUT2D eigenvalue weighted by Crippen LogP contribution is -2.61. The highest BCUT2D eigenvalue weighted by molar-refractivity contribution is 5.90. The van der Waals surface area contributed by atoms with Crippen LogP contribution >= 0.6 is 0 Å². The first kappa shape index (κ1) is 12.0. The first-order valence-corrected chi connectivity index (χ1v) is 5.23. The normalized spacial score (nSPS) is 18.9. The van der Waals surface area contributed by atoms with Crippen molar-refractivity contribution in [3.8, 4) is 0 Å². The number of ether oxygens (including phenoxy) is 1. The van der Waals surface area contributed by atoms with Crippen molar-refractivity contribution in [2.45, 2.75) is 45.6 Å². The standard InChI is InChI=1S/C11H19NO3/c1-10(2,3)8(13)12-11(6-5-7-11)9(14)15-4/h5-7H2,1-4H3,(H,12,13). The molecule has 0 aromatic rings. The minimum atomic E-state index is -0.751. The summed E-state index contributed by atoms with van der Waals surface area (Å²) in [4.78, 5) is 23.3. The lowest BCUT2D eigenvalue weighted by atomic mass is 9.76. The average Bonchev–Trinajstić information content (AvgIpc) is 2.08. The molecule has 4 heteroatoms. The molecular weight excluding hydrogens is 194 g/mol. The summed E-state index contributed by atoms with van der Waals surface area (Å²) in [5.41, 5.74) is -1.23. The van der Waals surface area contributed by atoms with Gasteiger partial charge in [-0.25, -0.2) is 4.79 Å². The van der Waals surface area contributed by atoms with Crippen LogP contribution in [0.25, 0.3) is 0 Å². The Kier molecular flexibility index (Phi) is 3.07. The Hall–Kier alpha value is -1.06. The maximum Gasteiger partial charge on any atom is 0.331 e. The third-order valence-corrected chi connectivity index (χ3v) is 2.82. The van der Waals surface area contributed by atoms with Gasteiger partial charge in [0.25, 0.3) is 0 Å². The largest absolute Gasteiger partial charge is 0.467 e. The molecule has 0 bridgehead atoms. The highest BCUT2D eigenvalue weighted by Gasteiger charge is 2.47. The van der Waals surface area contributed by atoms with Crippen LogP contribution in [0.5, 0.6) is 0 Å². The van der Waals surface area contributed by atoms with E-state index in [2.05, 4.69) is 5.32 Å². The maximum atomic E-state index is 11.8. The summed E-state index contributed by atoms with van der Waals surface area (Å²) < 4.78 is 4.72. The fourth-order valence-corrected chi connectivity index (χ4v) is 1.51. The van der Waals surface area contributed by atoms with E-state index < -0.39 is 11.0 Å². The SMILES string of the molecule is COC(=O)C1(NC(=O)C(C)(C)C)CCC1. The number of esters is 1. The first-order chi connectivity index (χ1) is 6.82. The van der Waals surface area contributed by atoms with E-state index in [1.807, 2.05) is 20.8 Å². The molecule has 0 aliphatic heterocycles. The van der Waals surface area contributed by atoms with E-state index in [1.165, 1.54) is 7.11 Å². The number of nitrogens with one attached hydrogen (secondary N) is 1. The van der Waals surface area contributed by atoms with Crippen molar-refractivity contribution in [3.05, 3.63) is 0 Å². The van der Waals surface area contributed by atoms with Gasteiger partial charge >= 0.3 is 5.97 Å². The van der Waals surface area contributed by atoms with Crippen LogP contribution in [0.15, 0.2) is 0 Å². The van der Waals surface area contributed by atoms with E-state index >= 15 is 0 Å². The molecular formula is C11H19NO3. The summed E-state index contributed by atoms with van der Waals surface area (Å²) >= 11 is 0. The molecule has 1 fully saturated rings. The Morgan fingerprint density at radius 3 is 2.07 bits per heavy atom. The van der Waals surface area contributed by atoms with Gasteiger partial charge in [0.05, 0.1) is 7.11 Å². The third-order valence-electron chi connectivity index (χ3n) is 2.82. The lowest BCUT2D eigenvalue weighted by Gasteiger charge is -2.40. The molecule has 86 valence electrons. The third kappa shape index (κ3) is 2.30. The van der Waals surface area contributed by atoms with Gasteiger partial charge in [-0.15, -0.1) is 0 Å². The summed E-state index contributed by atoms with van der Waals surface area (Å²) in [6.07, 6.45) is 2.32. The second-order valence-corrected chi connectivity index (χ2v) is 5.13. The van der Waals surface area contributed by atoms with E-state index in [4.69, 9.17) is 4.74 Å². The topological polar surface area (TPSA) is 55.4 Å². The van der Waals surface area contributed by atoms with Gasteiger partial charge in [0.1, 0.15) is 5.54 Å². The monoisotopic (exact) mass is 213 g/mol. The molecule has 1 N–H and O–H groups in total. The average molecular weight is 213 g/mol. The molecule has 0 unspecified atom stereocenters. The van der Waals surface area contributed by atoms with Crippen molar-refractivity contribution in [1.82, 2.24) is 5.32 Å². The Labute approximate surface area is 90.4 Å². The van der Waals surface area contributed by atoms with E-state index in [0.29, 0.717) is 12.8 Å². The van der Waals surface area contributed by atoms with E-state index in [-0.39, 0.29) is 11.9 Å². The van der Waals surface area contributed by atoms with Crippen molar-refractivity contribution in [2.24, 2.45) is 5.41 Å². The molecule has 4 nitrogen and oxygen atoms in total. The van der Waals surface area contributed by atoms with Gasteiger partial charge in [0, 0.05) is 5.41 Å². The minimum Gasteiger partial charge on any atom is -0.467 e. The molecule has 1 rings (SSSR count). The lowest BCUT2D eigenvalue weighted by molar-refractivity contribution is -0.156. The Morgan fingerprint density at radius 2 is 1.80 bits per heavy atom. The van der Waals surface area contributed by atoms with Crippen LogP contribution in [-0.4, -0.2) is 24.5 Å². The van der Waals surface area contributed by atoms with Crippen LogP contribution in [0.3, 0.4) is 0 Å². The summed E-state index contributed by atoms with van der Waals surface area (Å²) in [6.45, 7) is 5.48. The van der Waals surface area contributed by atoms with Crippen LogP contribution < -0.4 is 5.32 Å². The van der Waals surface area contributed by atoms with Gasteiger partial charge in [0.2, 0.25) is 5.91 Å². The van der Waals surface area contributed by atoms with Crippen molar-refractivity contribution >= 4 is 11.9 Å². The van der Waals surface area contributed by atoms with Crippen LogP contribution in [0.4, 0.5) is 0 Å². The van der Waals surface area contributed by atoms with E-state index in [9.17, 15) is 9.59 Å². The quantitative estimate of drug-likeness (QED) is 0.702. The number of carbonyl (C=O) groups is 2. The fraction of sp³-hybridized carbons (Fsp3) is 0.818. The molecule has 0 spiro atoms. The first-order valence-electron chi connectivity index (χ1n) is 5.23. The van der Waals surface area contributed by atoms with E-state index in [0.717, 1.165) is 6.42 Å². The second kappa shape index (κ2) is 3.83. The molecule has 0 saturated heterocycles. The van der Waals surface area contributed by atoms with Crippen molar-refractivity contribution < 1.29 is 14.3 Å². The highest BCUT2D eigenvalue weighted by atomic mass is 16.5. The Bertz CT molecular complexity index is 274.